The highest BCUT2D eigenvalue weighted by Crippen LogP contribution is 2.39. The number of aromatic nitrogens is 1. The number of carbonyl (C=O) groups is 1. The van der Waals surface area contributed by atoms with Crippen molar-refractivity contribution < 1.29 is 18.3 Å². The van der Waals surface area contributed by atoms with Gasteiger partial charge in [-0.2, -0.15) is 4.72 Å². The quantitative estimate of drug-likeness (QED) is 0.536. The first-order valence-corrected chi connectivity index (χ1v) is 12.5. The molecule has 1 atom stereocenters. The lowest BCUT2D eigenvalue weighted by molar-refractivity contribution is -0.138. The molecule has 0 saturated carbocycles. The molecule has 3 aromatic rings. The van der Waals surface area contributed by atoms with Crippen LogP contribution in [0.3, 0.4) is 0 Å². The minimum atomic E-state index is -3.96. The van der Waals surface area contributed by atoms with E-state index < -0.39 is 22.0 Å². The second-order valence-corrected chi connectivity index (χ2v) is 11.0. The van der Waals surface area contributed by atoms with Gasteiger partial charge in [0.25, 0.3) is 0 Å². The van der Waals surface area contributed by atoms with Gasteiger partial charge in [-0.15, -0.1) is 0 Å². The van der Waals surface area contributed by atoms with Crippen molar-refractivity contribution in [3.63, 3.8) is 0 Å². The number of aryl methyl sites for hydroxylation is 2. The van der Waals surface area contributed by atoms with Crippen LogP contribution in [-0.2, 0) is 28.3 Å². The molecule has 4 rings (SSSR count). The summed E-state index contributed by atoms with van der Waals surface area (Å²) in [5, 5.41) is 10.6. The molecule has 0 amide bonds. The molecule has 6 nitrogen and oxygen atoms in total. The van der Waals surface area contributed by atoms with Crippen LogP contribution in [0, 0.1) is 6.92 Å². The predicted molar refractivity (Wildman–Crippen MR) is 130 cm³/mol. The minimum Gasteiger partial charge on any atom is -0.480 e. The lowest BCUT2D eigenvalue weighted by atomic mass is 10.1. The van der Waals surface area contributed by atoms with Crippen LogP contribution in [0.2, 0.25) is 0 Å². The summed E-state index contributed by atoms with van der Waals surface area (Å²) in [6, 6.07) is 14.4. The molecule has 1 unspecified atom stereocenters. The number of rotatable bonds is 7. The van der Waals surface area contributed by atoms with Crippen LogP contribution in [0.4, 0.5) is 0 Å². The van der Waals surface area contributed by atoms with Gasteiger partial charge in [-0.05, 0) is 41.5 Å². The zero-order valence-corrected chi connectivity index (χ0v) is 19.4. The summed E-state index contributed by atoms with van der Waals surface area (Å²) in [5.41, 5.74) is 3.90. The van der Waals surface area contributed by atoms with Gasteiger partial charge in [0.05, 0.1) is 0 Å². The van der Waals surface area contributed by atoms with Gasteiger partial charge in [0.2, 0.25) is 10.0 Å². The Labute approximate surface area is 191 Å². The smallest absolute Gasteiger partial charge is 0.322 e. The standard InChI is InChI=1S/C24H24N2O4S2/c1-16-7-9-17(10-8-16)13-19-11-12-23(31-19)32(29,30)25-21(24(27)28)14-18-15-26(2)22-6-4-3-5-20(18)22/h3-10,12-13,15,21,25H,11,14H2,1-2H3,(H,27,28). The van der Waals surface area contributed by atoms with E-state index in [0.717, 1.165) is 44.3 Å². The lowest BCUT2D eigenvalue weighted by Crippen LogP contribution is -2.42. The van der Waals surface area contributed by atoms with Crippen LogP contribution in [-0.4, -0.2) is 30.1 Å². The largest absolute Gasteiger partial charge is 0.480 e. The Morgan fingerprint density at radius 3 is 2.66 bits per heavy atom. The number of nitrogens with zero attached hydrogens (tertiary/aromatic N) is 1. The average molecular weight is 469 g/mol. The van der Waals surface area contributed by atoms with E-state index in [2.05, 4.69) is 4.72 Å². The molecule has 2 N–H and O–H groups in total. The summed E-state index contributed by atoms with van der Waals surface area (Å²) >= 11 is 1.16. The summed E-state index contributed by atoms with van der Waals surface area (Å²) in [6.07, 6.45) is 5.98. The van der Waals surface area contributed by atoms with Gasteiger partial charge in [0.15, 0.2) is 0 Å². The molecule has 32 heavy (non-hydrogen) atoms. The maximum absolute atomic E-state index is 13.0. The molecule has 1 aliphatic heterocycles. The van der Waals surface area contributed by atoms with Gasteiger partial charge in [0.1, 0.15) is 10.3 Å². The number of carboxylic acid groups (broad SMARTS) is 1. The fourth-order valence-corrected chi connectivity index (χ4v) is 6.40. The Morgan fingerprint density at radius 1 is 1.22 bits per heavy atom. The number of sulfonamides is 1. The highest BCUT2D eigenvalue weighted by molar-refractivity contribution is 8.20. The molecule has 0 fully saturated rings. The van der Waals surface area contributed by atoms with Gasteiger partial charge in [0, 0.05) is 30.6 Å². The van der Waals surface area contributed by atoms with Crippen LogP contribution in [0.5, 0.6) is 0 Å². The Balaban J connectivity index is 1.50. The first-order valence-electron chi connectivity index (χ1n) is 10.2. The van der Waals surface area contributed by atoms with E-state index in [-0.39, 0.29) is 10.7 Å². The molecule has 166 valence electrons. The molecule has 1 aromatic heterocycles. The minimum absolute atomic E-state index is 0.0555. The molecule has 0 aliphatic carbocycles. The van der Waals surface area contributed by atoms with Crippen LogP contribution in [0.25, 0.3) is 17.0 Å². The number of aliphatic carboxylic acids is 1. The molecule has 0 bridgehead atoms. The third-order valence-corrected chi connectivity index (χ3v) is 8.48. The SMILES string of the molecule is Cc1ccc(C=C2CC=C(S(=O)(=O)NC(Cc3cn(C)c4ccccc34)C(=O)O)S2)cc1. The maximum atomic E-state index is 13.0. The number of carboxylic acids is 1. The van der Waals surface area contributed by atoms with Crippen molar-refractivity contribution in [2.45, 2.75) is 25.8 Å². The van der Waals surface area contributed by atoms with Gasteiger partial charge in [-0.1, -0.05) is 65.9 Å². The second-order valence-electron chi connectivity index (χ2n) is 7.85. The van der Waals surface area contributed by atoms with Gasteiger partial charge >= 0.3 is 5.97 Å². The topological polar surface area (TPSA) is 88.4 Å². The summed E-state index contributed by atoms with van der Waals surface area (Å²) in [4.78, 5) is 12.8. The fourth-order valence-electron chi connectivity index (χ4n) is 3.73. The molecule has 0 spiro atoms. The number of para-hydroxylation sites is 1. The molecule has 0 radical (unpaired) electrons. The van der Waals surface area contributed by atoms with Crippen molar-refractivity contribution in [1.29, 1.82) is 0 Å². The van der Waals surface area contributed by atoms with E-state index in [1.54, 1.807) is 6.08 Å². The number of allylic oxidation sites excluding steroid dienone is 2. The second kappa shape index (κ2) is 8.97. The van der Waals surface area contributed by atoms with Crippen molar-refractivity contribution in [3.8, 4) is 0 Å². The number of thioether (sulfide) groups is 1. The average Bonchev–Trinajstić information content (AvgIpc) is 3.35. The Hall–Kier alpha value is -2.81. The van der Waals surface area contributed by atoms with Gasteiger partial charge in [-0.25, -0.2) is 8.42 Å². The first-order chi connectivity index (χ1) is 15.2. The molecule has 1 aliphatic rings. The van der Waals surface area contributed by atoms with E-state index in [9.17, 15) is 18.3 Å². The van der Waals surface area contributed by atoms with E-state index in [4.69, 9.17) is 0 Å². The summed E-state index contributed by atoms with van der Waals surface area (Å²) < 4.78 is 30.4. The van der Waals surface area contributed by atoms with E-state index in [1.807, 2.05) is 79.3 Å². The summed E-state index contributed by atoms with van der Waals surface area (Å²) in [5.74, 6) is -1.21. The Bertz CT molecular complexity index is 1340. The highest BCUT2D eigenvalue weighted by atomic mass is 32.3. The predicted octanol–water partition coefficient (Wildman–Crippen LogP) is 4.42. The Morgan fingerprint density at radius 2 is 1.94 bits per heavy atom. The molecule has 8 heteroatoms. The number of hydrogen-bond acceptors (Lipinski definition) is 4. The number of nitrogens with one attached hydrogen (secondary N) is 1. The molecule has 0 saturated heterocycles. The fraction of sp³-hybridized carbons (Fsp3) is 0.208. The maximum Gasteiger partial charge on any atom is 0.322 e. The summed E-state index contributed by atoms with van der Waals surface area (Å²) in [6.45, 7) is 2.01. The van der Waals surface area contributed by atoms with Gasteiger partial charge < -0.3 is 9.67 Å². The zero-order chi connectivity index (χ0) is 22.9. The van der Waals surface area contributed by atoms with Crippen molar-refractivity contribution in [3.05, 3.63) is 86.6 Å². The number of benzene rings is 2. The van der Waals surface area contributed by atoms with Crippen LogP contribution >= 0.6 is 11.8 Å². The van der Waals surface area contributed by atoms with E-state index in [1.165, 1.54) is 0 Å². The monoisotopic (exact) mass is 468 g/mol. The third-order valence-electron chi connectivity index (χ3n) is 5.37. The zero-order valence-electron chi connectivity index (χ0n) is 17.8. The van der Waals surface area contributed by atoms with Crippen LogP contribution < -0.4 is 4.72 Å². The Kier molecular flexibility index (Phi) is 6.28. The number of hydrogen-bond donors (Lipinski definition) is 2. The van der Waals surface area contributed by atoms with Crippen molar-refractivity contribution in [1.82, 2.24) is 9.29 Å². The van der Waals surface area contributed by atoms with E-state index >= 15 is 0 Å². The first kappa shape index (κ1) is 22.4. The summed E-state index contributed by atoms with van der Waals surface area (Å²) in [7, 11) is -2.07. The van der Waals surface area contributed by atoms with Crippen LogP contribution in [0.1, 0.15) is 23.1 Å². The van der Waals surface area contributed by atoms with Crippen LogP contribution in [0.15, 0.2) is 69.9 Å². The van der Waals surface area contributed by atoms with Crippen molar-refractivity contribution in [2.24, 2.45) is 7.05 Å². The number of fused-ring (bicyclic) bond motifs is 1. The lowest BCUT2D eigenvalue weighted by Gasteiger charge is -2.15. The van der Waals surface area contributed by atoms with Crippen molar-refractivity contribution in [2.75, 3.05) is 0 Å². The van der Waals surface area contributed by atoms with E-state index in [0.29, 0.717) is 6.42 Å². The third kappa shape index (κ3) is 4.82. The normalized spacial score (nSPS) is 16.4. The molecule has 2 heterocycles. The molecule has 2 aromatic carbocycles. The highest BCUT2D eigenvalue weighted by Gasteiger charge is 2.30. The molecular weight excluding hydrogens is 444 g/mol. The van der Waals surface area contributed by atoms with Crippen molar-refractivity contribution >= 4 is 44.7 Å². The van der Waals surface area contributed by atoms with Gasteiger partial charge in [-0.3, -0.25) is 4.79 Å². The molecular formula is C24H24N2O4S2.